The lowest BCUT2D eigenvalue weighted by Gasteiger charge is -1.93. The molecule has 0 aromatic carbocycles. The number of hydrogen-bond donors (Lipinski definition) is 1. The van der Waals surface area contributed by atoms with Crippen LogP contribution in [0.15, 0.2) is 0 Å². The molecule has 0 aliphatic heterocycles. The zero-order chi connectivity index (χ0) is 10.4. The summed E-state index contributed by atoms with van der Waals surface area (Å²) in [5.74, 6) is 1.63. The Labute approximate surface area is 82.4 Å². The molecule has 60 valence electrons. The molecule has 1 rings (SSSR count). The Kier molecular flexibility index (Phi) is 5.26. The SMILES string of the molecule is Cc1nc(C)nc(N)n1.[B]B([B])[B]. The Balaban J connectivity index is 0.000000310. The number of nitrogen functional groups attached to an aromatic ring is 1. The van der Waals surface area contributed by atoms with E-state index in [1.807, 2.05) is 0 Å². The van der Waals surface area contributed by atoms with Crippen molar-refractivity contribution in [2.75, 3.05) is 5.73 Å². The van der Waals surface area contributed by atoms with Gasteiger partial charge in [-0.1, -0.05) is 0 Å². The molecular formula is C5H8B4N4. The van der Waals surface area contributed by atoms with Crippen LogP contribution in [0.4, 0.5) is 5.95 Å². The van der Waals surface area contributed by atoms with Gasteiger partial charge in [0.1, 0.15) is 11.6 Å². The fraction of sp³-hybridized carbons (Fsp3) is 0.400. The first kappa shape index (κ1) is 12.1. The third-order valence-electron chi connectivity index (χ3n) is 0.876. The monoisotopic (exact) mass is 168 g/mol. The first-order valence-corrected chi connectivity index (χ1v) is 3.63. The highest BCUT2D eigenvalue weighted by Crippen LogP contribution is 1.92. The molecule has 0 bridgehead atoms. The number of hydrogen-bond acceptors (Lipinski definition) is 4. The molecule has 8 heteroatoms. The number of aryl methyl sites for hydroxylation is 2. The van der Waals surface area contributed by atoms with Crippen LogP contribution in [0.25, 0.3) is 0 Å². The zero-order valence-electron chi connectivity index (χ0n) is 7.73. The maximum absolute atomic E-state index is 5.30. The molecule has 1 aromatic heterocycles. The number of anilines is 1. The second-order valence-electron chi connectivity index (χ2n) is 2.37. The molecule has 13 heavy (non-hydrogen) atoms. The molecule has 0 atom stereocenters. The van der Waals surface area contributed by atoms with E-state index < -0.39 is 6.39 Å². The van der Waals surface area contributed by atoms with Crippen molar-refractivity contribution in [1.29, 1.82) is 0 Å². The largest absolute Gasteiger partial charge is 0.368 e. The second-order valence-corrected chi connectivity index (χ2v) is 2.37. The Morgan fingerprint density at radius 1 is 1.00 bits per heavy atom. The van der Waals surface area contributed by atoms with Gasteiger partial charge in [0, 0.05) is 29.6 Å². The van der Waals surface area contributed by atoms with E-state index in [1.165, 1.54) is 0 Å². The van der Waals surface area contributed by atoms with Crippen molar-refractivity contribution < 1.29 is 0 Å². The fourth-order valence-electron chi connectivity index (χ4n) is 0.641. The van der Waals surface area contributed by atoms with E-state index in [2.05, 4.69) is 38.2 Å². The van der Waals surface area contributed by atoms with Crippen molar-refractivity contribution in [2.24, 2.45) is 0 Å². The number of nitrogens with zero attached hydrogens (tertiary/aromatic N) is 3. The van der Waals surface area contributed by atoms with Gasteiger partial charge in [-0.2, -0.15) is 9.97 Å². The summed E-state index contributed by atoms with van der Waals surface area (Å²) in [5, 5.41) is 0. The smallest absolute Gasteiger partial charge is 0.223 e. The van der Waals surface area contributed by atoms with Gasteiger partial charge in [0.15, 0.2) is 0 Å². The number of aromatic nitrogens is 3. The van der Waals surface area contributed by atoms with Gasteiger partial charge in [-0.3, -0.25) is 0 Å². The summed E-state index contributed by atoms with van der Waals surface area (Å²) in [7, 11) is 14.0. The van der Waals surface area contributed by atoms with Crippen LogP contribution in [0.2, 0.25) is 0 Å². The summed E-state index contributed by atoms with van der Waals surface area (Å²) in [6, 6.07) is 0. The third-order valence-corrected chi connectivity index (χ3v) is 0.876. The molecule has 0 spiro atoms. The topological polar surface area (TPSA) is 64.7 Å². The highest BCUT2D eigenvalue weighted by molar-refractivity contribution is 7.49. The first-order chi connectivity index (χ1) is 5.91. The molecule has 0 aliphatic carbocycles. The molecule has 1 heterocycles. The van der Waals surface area contributed by atoms with E-state index in [-0.39, 0.29) is 0 Å². The van der Waals surface area contributed by atoms with Gasteiger partial charge in [0.25, 0.3) is 0 Å². The first-order valence-electron chi connectivity index (χ1n) is 3.63. The van der Waals surface area contributed by atoms with Crippen molar-refractivity contribution in [2.45, 2.75) is 13.8 Å². The van der Waals surface area contributed by atoms with Gasteiger partial charge in [-0.05, 0) is 13.8 Å². The molecule has 0 amide bonds. The Morgan fingerprint density at radius 3 is 1.54 bits per heavy atom. The van der Waals surface area contributed by atoms with E-state index in [0.29, 0.717) is 17.6 Å². The summed E-state index contributed by atoms with van der Waals surface area (Å²) in [6.07, 6.45) is -0.667. The van der Waals surface area contributed by atoms with E-state index in [9.17, 15) is 0 Å². The van der Waals surface area contributed by atoms with Crippen LogP contribution in [0.3, 0.4) is 0 Å². The van der Waals surface area contributed by atoms with Crippen molar-refractivity contribution >= 4 is 35.5 Å². The van der Waals surface area contributed by atoms with E-state index in [4.69, 9.17) is 5.73 Å². The van der Waals surface area contributed by atoms with Crippen LogP contribution in [-0.4, -0.2) is 44.5 Å². The van der Waals surface area contributed by atoms with Crippen molar-refractivity contribution in [3.8, 4) is 0 Å². The number of rotatable bonds is 0. The van der Waals surface area contributed by atoms with Gasteiger partial charge in [0.2, 0.25) is 5.95 Å². The molecule has 2 N–H and O–H groups in total. The molecule has 0 aliphatic rings. The van der Waals surface area contributed by atoms with Gasteiger partial charge in [-0.25, -0.2) is 4.98 Å². The molecular weight excluding hydrogens is 159 g/mol. The van der Waals surface area contributed by atoms with E-state index in [0.717, 1.165) is 0 Å². The van der Waals surface area contributed by atoms with Crippen LogP contribution in [0.1, 0.15) is 11.6 Å². The number of nitrogens with two attached hydrogens (primary N) is 1. The second kappa shape index (κ2) is 5.67. The molecule has 0 unspecified atom stereocenters. The van der Waals surface area contributed by atoms with Crippen molar-refractivity contribution in [1.82, 2.24) is 15.0 Å². The normalized spacial score (nSPS) is 8.46. The molecule has 6 radical (unpaired) electrons. The average molecular weight is 167 g/mol. The van der Waals surface area contributed by atoms with Gasteiger partial charge in [0.05, 0.1) is 0 Å². The van der Waals surface area contributed by atoms with E-state index in [1.54, 1.807) is 13.8 Å². The van der Waals surface area contributed by atoms with Gasteiger partial charge < -0.3 is 5.73 Å². The minimum atomic E-state index is -0.667. The quantitative estimate of drug-likeness (QED) is 0.480. The minimum Gasteiger partial charge on any atom is -0.368 e. The maximum atomic E-state index is 5.30. The van der Waals surface area contributed by atoms with Crippen LogP contribution in [0.5, 0.6) is 0 Å². The Morgan fingerprint density at radius 2 is 1.31 bits per heavy atom. The lowest BCUT2D eigenvalue weighted by Crippen LogP contribution is -2.11. The summed E-state index contributed by atoms with van der Waals surface area (Å²) < 4.78 is 0. The minimum absolute atomic E-state index is 0.292. The van der Waals surface area contributed by atoms with Crippen LogP contribution >= 0.6 is 0 Å². The average Bonchev–Trinajstić information content (AvgIpc) is 1.80. The predicted octanol–water partition coefficient (Wildman–Crippen LogP) is -1.45. The van der Waals surface area contributed by atoms with Gasteiger partial charge in [-0.15, -0.1) is 0 Å². The molecule has 1 aromatic rings. The van der Waals surface area contributed by atoms with Crippen LogP contribution in [-0.2, 0) is 0 Å². The predicted molar refractivity (Wildman–Crippen MR) is 56.7 cm³/mol. The highest BCUT2D eigenvalue weighted by Gasteiger charge is 1.92. The lowest BCUT2D eigenvalue weighted by atomic mass is 9.08. The Hall–Kier alpha value is -0.930. The standard InChI is InChI=1S/C5H8N4.B4/c1-3-7-4(2)9-5(6)8-3;1-4(2)3/h1-2H3,(H2,6,7,8,9);. The molecule has 0 fully saturated rings. The molecule has 0 saturated heterocycles. The Bertz CT molecular complexity index is 213. The van der Waals surface area contributed by atoms with Crippen LogP contribution in [0, 0.1) is 13.8 Å². The van der Waals surface area contributed by atoms with E-state index >= 15 is 0 Å². The van der Waals surface area contributed by atoms with Crippen LogP contribution < -0.4 is 5.73 Å². The van der Waals surface area contributed by atoms with Crippen molar-refractivity contribution in [3.63, 3.8) is 0 Å². The zero-order valence-corrected chi connectivity index (χ0v) is 7.73. The maximum Gasteiger partial charge on any atom is 0.223 e. The third kappa shape index (κ3) is 7.43. The molecule has 4 nitrogen and oxygen atoms in total. The van der Waals surface area contributed by atoms with Gasteiger partial charge >= 0.3 is 0 Å². The summed E-state index contributed by atoms with van der Waals surface area (Å²) >= 11 is 0. The van der Waals surface area contributed by atoms with Crippen molar-refractivity contribution in [3.05, 3.63) is 11.6 Å². The lowest BCUT2D eigenvalue weighted by molar-refractivity contribution is 0.933. The molecule has 0 saturated carbocycles. The summed E-state index contributed by atoms with van der Waals surface area (Å²) in [6.45, 7) is 3.57. The highest BCUT2D eigenvalue weighted by atomic mass is 15.1. The summed E-state index contributed by atoms with van der Waals surface area (Å²) in [5.41, 5.74) is 5.30. The fourth-order valence-corrected chi connectivity index (χ4v) is 0.641. The summed E-state index contributed by atoms with van der Waals surface area (Å²) in [4.78, 5) is 11.5.